The molecule has 0 aliphatic rings. The van der Waals surface area contributed by atoms with Gasteiger partial charge in [-0.1, -0.05) is 48.6 Å². The predicted octanol–water partition coefficient (Wildman–Crippen LogP) is 5.45. The summed E-state index contributed by atoms with van der Waals surface area (Å²) in [5.74, 6) is 1.08. The van der Waals surface area contributed by atoms with E-state index in [1.165, 1.54) is 25.3 Å². The van der Waals surface area contributed by atoms with E-state index >= 15 is 0 Å². The molecule has 0 bridgehead atoms. The van der Waals surface area contributed by atoms with Gasteiger partial charge in [-0.2, -0.15) is 0 Å². The van der Waals surface area contributed by atoms with E-state index in [2.05, 4.69) is 0 Å². The Bertz CT molecular complexity index is 1110. The molecule has 5 nitrogen and oxygen atoms in total. The zero-order valence-corrected chi connectivity index (χ0v) is 17.0. The number of rotatable bonds is 9. The van der Waals surface area contributed by atoms with Gasteiger partial charge in [0.25, 0.3) is 0 Å². The molecule has 0 atom stereocenters. The van der Waals surface area contributed by atoms with Crippen LogP contribution in [0.2, 0.25) is 0 Å². The molecule has 1 N–H and O–H groups in total. The lowest BCUT2D eigenvalue weighted by Crippen LogP contribution is -2.01. The van der Waals surface area contributed by atoms with Gasteiger partial charge < -0.3 is 14.6 Å². The number of benzene rings is 3. The highest BCUT2D eigenvalue weighted by Gasteiger charge is 2.05. The number of phenolic OH excluding ortho intramolecular Hbond substituents is 1. The van der Waals surface area contributed by atoms with E-state index in [1.807, 2.05) is 54.6 Å². The van der Waals surface area contributed by atoms with Crippen LogP contribution >= 0.6 is 0 Å². The van der Waals surface area contributed by atoms with Gasteiger partial charge in [0.15, 0.2) is 23.1 Å². The zero-order valence-electron chi connectivity index (χ0n) is 17.0. The second-order valence-corrected chi connectivity index (χ2v) is 6.69. The number of ketones is 2. The highest BCUT2D eigenvalue weighted by molar-refractivity contribution is 6.10. The van der Waals surface area contributed by atoms with Crippen molar-refractivity contribution in [3.63, 3.8) is 0 Å². The number of aromatic hydroxyl groups is 1. The Hall–Kier alpha value is -4.12. The first kappa shape index (κ1) is 21.6. The molecule has 0 radical (unpaired) electrons. The molecule has 0 spiro atoms. The molecule has 0 aromatic heterocycles. The Kier molecular flexibility index (Phi) is 7.38. The third-order valence-corrected chi connectivity index (χ3v) is 4.31. The minimum absolute atomic E-state index is 0.0189. The highest BCUT2D eigenvalue weighted by atomic mass is 16.5. The van der Waals surface area contributed by atoms with Gasteiger partial charge in [-0.25, -0.2) is 0 Å². The number of carbonyl (C=O) groups is 2. The van der Waals surface area contributed by atoms with Crippen LogP contribution in [-0.4, -0.2) is 23.8 Å². The summed E-state index contributed by atoms with van der Waals surface area (Å²) in [6, 6.07) is 21.5. The van der Waals surface area contributed by atoms with Crippen molar-refractivity contribution in [3.05, 3.63) is 96.1 Å². The third-order valence-electron chi connectivity index (χ3n) is 4.31. The lowest BCUT2D eigenvalue weighted by atomic mass is 10.1. The second-order valence-electron chi connectivity index (χ2n) is 6.69. The number of methoxy groups -OCH3 is 1. The van der Waals surface area contributed by atoms with E-state index in [9.17, 15) is 14.7 Å². The summed E-state index contributed by atoms with van der Waals surface area (Å²) in [6.45, 7) is 0. The molecule has 0 unspecified atom stereocenters. The van der Waals surface area contributed by atoms with Gasteiger partial charge in [-0.3, -0.25) is 9.59 Å². The van der Waals surface area contributed by atoms with Gasteiger partial charge in [0.2, 0.25) is 0 Å². The van der Waals surface area contributed by atoms with E-state index in [0.29, 0.717) is 17.1 Å². The van der Waals surface area contributed by atoms with Crippen molar-refractivity contribution in [2.24, 2.45) is 0 Å². The van der Waals surface area contributed by atoms with Crippen LogP contribution in [0.1, 0.15) is 17.5 Å². The molecule has 0 saturated carbocycles. The normalized spacial score (nSPS) is 11.0. The number of para-hydroxylation sites is 1. The lowest BCUT2D eigenvalue weighted by Gasteiger charge is -2.05. The van der Waals surface area contributed by atoms with Crippen molar-refractivity contribution in [2.45, 2.75) is 6.42 Å². The molecule has 0 heterocycles. The van der Waals surface area contributed by atoms with Crippen LogP contribution in [0.4, 0.5) is 0 Å². The molecule has 0 aliphatic carbocycles. The lowest BCUT2D eigenvalue weighted by molar-refractivity contribution is -0.121. The number of hydrogen-bond acceptors (Lipinski definition) is 5. The fourth-order valence-electron chi connectivity index (χ4n) is 2.78. The molecule has 156 valence electrons. The number of phenols is 1. The van der Waals surface area contributed by atoms with Crippen LogP contribution in [0.3, 0.4) is 0 Å². The van der Waals surface area contributed by atoms with Crippen molar-refractivity contribution >= 4 is 23.7 Å². The van der Waals surface area contributed by atoms with E-state index in [4.69, 9.17) is 9.47 Å². The fraction of sp³-hybridized carbons (Fsp3) is 0.0769. The van der Waals surface area contributed by atoms with Gasteiger partial charge in [-0.05, 0) is 59.7 Å². The van der Waals surface area contributed by atoms with Crippen molar-refractivity contribution < 1.29 is 24.2 Å². The number of ether oxygens (including phenoxy) is 2. The minimum Gasteiger partial charge on any atom is -0.504 e. The molecule has 0 fully saturated rings. The van der Waals surface area contributed by atoms with Crippen molar-refractivity contribution in [1.29, 1.82) is 0 Å². The molecule has 3 rings (SSSR count). The first-order chi connectivity index (χ1) is 15.0. The van der Waals surface area contributed by atoms with E-state index in [0.717, 1.165) is 11.3 Å². The van der Waals surface area contributed by atoms with Crippen LogP contribution in [0.25, 0.3) is 12.2 Å². The molecular formula is C26H22O5. The Morgan fingerprint density at radius 2 is 1.45 bits per heavy atom. The first-order valence-electron chi connectivity index (χ1n) is 9.65. The third kappa shape index (κ3) is 6.72. The molecular weight excluding hydrogens is 392 g/mol. The summed E-state index contributed by atoms with van der Waals surface area (Å²) in [7, 11) is 1.46. The second kappa shape index (κ2) is 10.6. The zero-order chi connectivity index (χ0) is 22.1. The number of hydrogen-bond donors (Lipinski definition) is 1. The SMILES string of the molecule is COc1ccc(C=CC(=O)CC(=O)C=Cc2cccc(Oc3ccccc3)c2)cc1O. The molecule has 0 aliphatic heterocycles. The Morgan fingerprint density at radius 1 is 0.806 bits per heavy atom. The first-order valence-corrected chi connectivity index (χ1v) is 9.65. The van der Waals surface area contributed by atoms with Crippen molar-refractivity contribution in [1.82, 2.24) is 0 Å². The highest BCUT2D eigenvalue weighted by Crippen LogP contribution is 2.26. The Balaban J connectivity index is 1.55. The Labute approximate surface area is 180 Å². The van der Waals surface area contributed by atoms with Gasteiger partial charge in [0.1, 0.15) is 11.5 Å². The summed E-state index contributed by atoms with van der Waals surface area (Å²) >= 11 is 0. The van der Waals surface area contributed by atoms with Crippen LogP contribution in [0.15, 0.2) is 84.9 Å². The summed E-state index contributed by atoms with van der Waals surface area (Å²) in [4.78, 5) is 24.2. The largest absolute Gasteiger partial charge is 0.504 e. The van der Waals surface area contributed by atoms with Gasteiger partial charge in [-0.15, -0.1) is 0 Å². The summed E-state index contributed by atoms with van der Waals surface area (Å²) in [6.07, 6.45) is 5.66. The molecule has 5 heteroatoms. The van der Waals surface area contributed by atoms with Crippen LogP contribution < -0.4 is 9.47 Å². The number of carbonyl (C=O) groups excluding carboxylic acids is 2. The average Bonchev–Trinajstić information content (AvgIpc) is 2.77. The maximum Gasteiger partial charge on any atom is 0.163 e. The van der Waals surface area contributed by atoms with Crippen LogP contribution in [-0.2, 0) is 9.59 Å². The summed E-state index contributed by atoms with van der Waals surface area (Å²) < 4.78 is 10.8. The summed E-state index contributed by atoms with van der Waals surface area (Å²) in [5, 5.41) is 9.77. The molecule has 0 saturated heterocycles. The average molecular weight is 414 g/mol. The van der Waals surface area contributed by atoms with E-state index in [-0.39, 0.29) is 23.7 Å². The summed E-state index contributed by atoms with van der Waals surface area (Å²) in [5.41, 5.74) is 1.42. The monoisotopic (exact) mass is 414 g/mol. The van der Waals surface area contributed by atoms with E-state index in [1.54, 1.807) is 24.3 Å². The van der Waals surface area contributed by atoms with Crippen LogP contribution in [0, 0.1) is 0 Å². The molecule has 31 heavy (non-hydrogen) atoms. The fourth-order valence-corrected chi connectivity index (χ4v) is 2.78. The molecule has 3 aromatic carbocycles. The molecule has 0 amide bonds. The van der Waals surface area contributed by atoms with E-state index < -0.39 is 0 Å². The standard InChI is InChI=1S/C26H22O5/c1-30-26-15-12-20(17-25(26)29)11-14-22(28)18-21(27)13-10-19-6-5-9-24(16-19)31-23-7-3-2-4-8-23/h2-17,29H,18H2,1H3. The van der Waals surface area contributed by atoms with Gasteiger partial charge >= 0.3 is 0 Å². The smallest absolute Gasteiger partial charge is 0.163 e. The number of allylic oxidation sites excluding steroid dienone is 2. The quantitative estimate of drug-likeness (QED) is 0.372. The van der Waals surface area contributed by atoms with Crippen LogP contribution in [0.5, 0.6) is 23.0 Å². The maximum atomic E-state index is 12.1. The van der Waals surface area contributed by atoms with Crippen molar-refractivity contribution in [3.8, 4) is 23.0 Å². The van der Waals surface area contributed by atoms with Gasteiger partial charge in [0, 0.05) is 0 Å². The van der Waals surface area contributed by atoms with Gasteiger partial charge in [0.05, 0.1) is 13.5 Å². The van der Waals surface area contributed by atoms with Crippen molar-refractivity contribution in [2.75, 3.05) is 7.11 Å². The topological polar surface area (TPSA) is 72.8 Å². The predicted molar refractivity (Wildman–Crippen MR) is 120 cm³/mol. The Morgan fingerprint density at radius 3 is 2.10 bits per heavy atom. The molecule has 3 aromatic rings. The maximum absolute atomic E-state index is 12.1. The minimum atomic E-state index is -0.328.